The first-order chi connectivity index (χ1) is 8.13. The highest BCUT2D eigenvalue weighted by Crippen LogP contribution is 2.06. The fourth-order valence-corrected chi connectivity index (χ4v) is 1.53. The third kappa shape index (κ3) is 4.68. The van der Waals surface area contributed by atoms with Gasteiger partial charge in [0.05, 0.1) is 13.0 Å². The molecule has 5 heteroatoms. The average Bonchev–Trinajstić information content (AvgIpc) is 2.64. The number of nitrogens with one attached hydrogen (secondary N) is 1. The first-order valence-electron chi connectivity index (χ1n) is 5.54. The Morgan fingerprint density at radius 1 is 1.53 bits per heavy atom. The molecule has 0 aliphatic carbocycles. The van der Waals surface area contributed by atoms with Crippen molar-refractivity contribution >= 4 is 17.7 Å². The van der Waals surface area contributed by atoms with E-state index in [1.54, 1.807) is 0 Å². The second-order valence-electron chi connectivity index (χ2n) is 3.85. The number of cyclic esters (lactones) is 1. The predicted octanol–water partition coefficient (Wildman–Crippen LogP) is 0.181. The van der Waals surface area contributed by atoms with Gasteiger partial charge in [-0.05, 0) is 6.42 Å². The minimum atomic E-state index is -0.596. The van der Waals surface area contributed by atoms with Crippen molar-refractivity contribution in [2.75, 3.05) is 6.61 Å². The quantitative estimate of drug-likeness (QED) is 0.309. The molecule has 0 aromatic heterocycles. The number of terminal acetylenes is 1. The lowest BCUT2D eigenvalue weighted by Gasteiger charge is -2.07. The number of Topliss-reactive ketones (excluding diaryl/α,β-unsaturated/α-hetero) is 1. The second-order valence-corrected chi connectivity index (χ2v) is 3.85. The normalized spacial score (nSPS) is 18.3. The highest BCUT2D eigenvalue weighted by atomic mass is 16.5. The minimum absolute atomic E-state index is 0.163. The predicted molar refractivity (Wildman–Crippen MR) is 59.8 cm³/mol. The number of carbonyl (C=O) groups excluding carboxylic acids is 3. The van der Waals surface area contributed by atoms with E-state index in [-0.39, 0.29) is 12.2 Å². The van der Waals surface area contributed by atoms with Crippen LogP contribution in [0.25, 0.3) is 0 Å². The summed E-state index contributed by atoms with van der Waals surface area (Å²) < 4.78 is 4.69. The summed E-state index contributed by atoms with van der Waals surface area (Å²) in [4.78, 5) is 33.8. The number of unbranched alkanes of at least 4 members (excludes halogenated alkanes) is 1. The molecule has 0 spiro atoms. The van der Waals surface area contributed by atoms with Gasteiger partial charge >= 0.3 is 5.97 Å². The summed E-state index contributed by atoms with van der Waals surface area (Å²) in [6.45, 7) is 0.319. The summed E-state index contributed by atoms with van der Waals surface area (Å²) >= 11 is 0. The van der Waals surface area contributed by atoms with Crippen molar-refractivity contribution in [2.45, 2.75) is 38.1 Å². The zero-order valence-electron chi connectivity index (χ0n) is 9.53. The molecule has 0 saturated carbocycles. The maximum absolute atomic E-state index is 11.4. The van der Waals surface area contributed by atoms with Crippen LogP contribution in [0.4, 0.5) is 0 Å². The third-order valence-electron chi connectivity index (χ3n) is 2.41. The number of ketones is 1. The molecule has 92 valence electrons. The van der Waals surface area contributed by atoms with Crippen molar-refractivity contribution in [2.24, 2.45) is 0 Å². The monoisotopic (exact) mass is 237 g/mol. The van der Waals surface area contributed by atoms with Crippen LogP contribution in [-0.4, -0.2) is 30.3 Å². The lowest BCUT2D eigenvalue weighted by atomic mass is 10.1. The molecule has 1 aliphatic rings. The second kappa shape index (κ2) is 6.69. The van der Waals surface area contributed by atoms with Crippen LogP contribution in [0.3, 0.4) is 0 Å². The number of carbonyl (C=O) groups is 3. The molecule has 0 bridgehead atoms. The summed E-state index contributed by atoms with van der Waals surface area (Å²) in [5.74, 6) is 1.40. The molecule has 1 heterocycles. The first kappa shape index (κ1) is 13.2. The topological polar surface area (TPSA) is 72.5 Å². The maximum Gasteiger partial charge on any atom is 0.328 e. The molecule has 1 saturated heterocycles. The fourth-order valence-electron chi connectivity index (χ4n) is 1.53. The Balaban J connectivity index is 2.22. The van der Waals surface area contributed by atoms with E-state index in [0.29, 0.717) is 32.3 Å². The van der Waals surface area contributed by atoms with E-state index in [1.165, 1.54) is 0 Å². The van der Waals surface area contributed by atoms with Gasteiger partial charge in [0.2, 0.25) is 5.91 Å². The van der Waals surface area contributed by atoms with Crippen LogP contribution in [0.5, 0.6) is 0 Å². The van der Waals surface area contributed by atoms with Crippen LogP contribution in [0, 0.1) is 12.3 Å². The van der Waals surface area contributed by atoms with E-state index in [1.807, 2.05) is 0 Å². The van der Waals surface area contributed by atoms with E-state index in [4.69, 9.17) is 11.2 Å². The largest absolute Gasteiger partial charge is 0.464 e. The van der Waals surface area contributed by atoms with E-state index in [0.717, 1.165) is 0 Å². The number of hydrogen-bond acceptors (Lipinski definition) is 4. The van der Waals surface area contributed by atoms with Gasteiger partial charge in [-0.1, -0.05) is 0 Å². The molecular formula is C12H15NO4. The maximum atomic E-state index is 11.4. The zero-order chi connectivity index (χ0) is 12.7. The molecule has 1 unspecified atom stereocenters. The molecule has 1 atom stereocenters. The van der Waals surface area contributed by atoms with Gasteiger partial charge in [-0.25, -0.2) is 4.79 Å². The third-order valence-corrected chi connectivity index (χ3v) is 2.41. The molecule has 1 fully saturated rings. The minimum Gasteiger partial charge on any atom is -0.464 e. The summed E-state index contributed by atoms with van der Waals surface area (Å²) in [7, 11) is 0. The van der Waals surface area contributed by atoms with Crippen molar-refractivity contribution in [1.82, 2.24) is 5.32 Å². The molecule has 0 aromatic carbocycles. The van der Waals surface area contributed by atoms with Gasteiger partial charge in [0, 0.05) is 19.3 Å². The SMILES string of the molecule is C#CCCCC(=O)CC(=O)NC1CCOC1=O. The molecule has 17 heavy (non-hydrogen) atoms. The molecule has 5 nitrogen and oxygen atoms in total. The lowest BCUT2D eigenvalue weighted by molar-refractivity contribution is -0.142. The summed E-state index contributed by atoms with van der Waals surface area (Å²) in [6.07, 6.45) is 6.74. The van der Waals surface area contributed by atoms with Crippen LogP contribution in [0.2, 0.25) is 0 Å². The Kier molecular flexibility index (Phi) is 5.21. The summed E-state index contributed by atoms with van der Waals surface area (Å²) in [6, 6.07) is -0.596. The highest BCUT2D eigenvalue weighted by molar-refractivity contribution is 5.99. The molecule has 1 N–H and O–H groups in total. The van der Waals surface area contributed by atoms with Crippen LogP contribution < -0.4 is 5.32 Å². The zero-order valence-corrected chi connectivity index (χ0v) is 9.53. The lowest BCUT2D eigenvalue weighted by Crippen LogP contribution is -2.38. The van der Waals surface area contributed by atoms with E-state index >= 15 is 0 Å². The van der Waals surface area contributed by atoms with Crippen molar-refractivity contribution in [3.63, 3.8) is 0 Å². The number of hydrogen-bond donors (Lipinski definition) is 1. The Bertz CT molecular complexity index is 356. The number of rotatable bonds is 6. The van der Waals surface area contributed by atoms with Gasteiger partial charge in [-0.3, -0.25) is 9.59 Å². The highest BCUT2D eigenvalue weighted by Gasteiger charge is 2.28. The van der Waals surface area contributed by atoms with Gasteiger partial charge in [0.25, 0.3) is 0 Å². The van der Waals surface area contributed by atoms with Gasteiger partial charge < -0.3 is 10.1 Å². The van der Waals surface area contributed by atoms with Crippen molar-refractivity contribution in [3.05, 3.63) is 0 Å². The first-order valence-corrected chi connectivity index (χ1v) is 5.54. The molecule has 1 aliphatic heterocycles. The number of amides is 1. The van der Waals surface area contributed by atoms with E-state index < -0.39 is 17.9 Å². The Morgan fingerprint density at radius 3 is 2.88 bits per heavy atom. The van der Waals surface area contributed by atoms with Gasteiger partial charge in [0.15, 0.2) is 0 Å². The Labute approximate surface area is 99.9 Å². The van der Waals surface area contributed by atoms with Gasteiger partial charge in [-0.2, -0.15) is 0 Å². The molecule has 0 aromatic rings. The number of ether oxygens (including phenoxy) is 1. The smallest absolute Gasteiger partial charge is 0.328 e. The Morgan fingerprint density at radius 2 is 2.29 bits per heavy atom. The number of esters is 1. The Hall–Kier alpha value is -1.83. The van der Waals surface area contributed by atoms with Crippen LogP contribution in [0.15, 0.2) is 0 Å². The van der Waals surface area contributed by atoms with Crippen molar-refractivity contribution < 1.29 is 19.1 Å². The van der Waals surface area contributed by atoms with Crippen molar-refractivity contribution in [3.8, 4) is 12.3 Å². The van der Waals surface area contributed by atoms with Gasteiger partial charge in [0.1, 0.15) is 11.8 Å². The average molecular weight is 237 g/mol. The molecule has 1 rings (SSSR count). The standard InChI is InChI=1S/C12H15NO4/c1-2-3-4-5-9(14)8-11(15)13-10-6-7-17-12(10)16/h1,10H,3-8H2,(H,13,15). The molecule has 0 radical (unpaired) electrons. The van der Waals surface area contributed by atoms with Crippen LogP contribution in [0.1, 0.15) is 32.1 Å². The van der Waals surface area contributed by atoms with Crippen LogP contribution >= 0.6 is 0 Å². The molecule has 1 amide bonds. The fraction of sp³-hybridized carbons (Fsp3) is 0.583. The van der Waals surface area contributed by atoms with Gasteiger partial charge in [-0.15, -0.1) is 12.3 Å². The van der Waals surface area contributed by atoms with E-state index in [9.17, 15) is 14.4 Å². The van der Waals surface area contributed by atoms with Crippen molar-refractivity contribution in [1.29, 1.82) is 0 Å². The summed E-state index contributed by atoms with van der Waals surface area (Å²) in [5, 5.41) is 2.48. The van der Waals surface area contributed by atoms with E-state index in [2.05, 4.69) is 11.2 Å². The van der Waals surface area contributed by atoms with Crippen LogP contribution in [-0.2, 0) is 19.1 Å². The molecular weight excluding hydrogens is 222 g/mol. The summed E-state index contributed by atoms with van der Waals surface area (Å²) in [5.41, 5.74) is 0.